The van der Waals surface area contributed by atoms with Crippen molar-refractivity contribution in [1.29, 1.82) is 0 Å². The van der Waals surface area contributed by atoms with Crippen molar-refractivity contribution in [3.05, 3.63) is 64.7 Å². The van der Waals surface area contributed by atoms with Crippen molar-refractivity contribution in [3.8, 4) is 5.75 Å². The van der Waals surface area contributed by atoms with Gasteiger partial charge >= 0.3 is 0 Å². The zero-order valence-electron chi connectivity index (χ0n) is 18.0. The number of amides is 1. The first kappa shape index (κ1) is 24.9. The van der Waals surface area contributed by atoms with Crippen LogP contribution in [0.4, 0.5) is 0 Å². The molecule has 1 atom stereocenters. The quantitative estimate of drug-likeness (QED) is 0.273. The van der Waals surface area contributed by atoms with E-state index in [1.165, 1.54) is 0 Å². The summed E-state index contributed by atoms with van der Waals surface area (Å²) in [4.78, 5) is 15.6. The van der Waals surface area contributed by atoms with Crippen LogP contribution in [0, 0.1) is 6.92 Å². The highest BCUT2D eigenvalue weighted by atomic mass is 127. The largest absolute Gasteiger partial charge is 0.491 e. The fourth-order valence-electron chi connectivity index (χ4n) is 3.32. The number of aliphatic imine (C=N–C) groups is 1. The second kappa shape index (κ2) is 12.5. The molecule has 0 radical (unpaired) electrons. The summed E-state index contributed by atoms with van der Waals surface area (Å²) in [7, 11) is 1.72. The third-order valence-corrected chi connectivity index (χ3v) is 5.01. The zero-order chi connectivity index (χ0) is 21.3. The van der Waals surface area contributed by atoms with Crippen molar-refractivity contribution >= 4 is 35.8 Å². The molecule has 1 saturated heterocycles. The third kappa shape index (κ3) is 7.70. The van der Waals surface area contributed by atoms with Gasteiger partial charge in [-0.05, 0) is 49.1 Å². The molecule has 8 heteroatoms. The molecule has 4 N–H and O–H groups in total. The Kier molecular flexibility index (Phi) is 10.1. The molecule has 2 aromatic rings. The van der Waals surface area contributed by atoms with Gasteiger partial charge in [-0.25, -0.2) is 0 Å². The molecule has 1 unspecified atom stereocenters. The summed E-state index contributed by atoms with van der Waals surface area (Å²) in [5.74, 6) is 1.09. The number of hydrogen-bond acceptors (Lipinski definition) is 4. The van der Waals surface area contributed by atoms with Gasteiger partial charge in [0.25, 0.3) is 0 Å². The number of primary amides is 1. The molecule has 1 aliphatic rings. The molecule has 0 spiro atoms. The van der Waals surface area contributed by atoms with Crippen LogP contribution in [0.3, 0.4) is 0 Å². The van der Waals surface area contributed by atoms with E-state index in [4.69, 9.17) is 15.2 Å². The number of rotatable bonds is 8. The topological polar surface area (TPSA) is 98.0 Å². The van der Waals surface area contributed by atoms with Crippen LogP contribution in [0.5, 0.6) is 5.75 Å². The lowest BCUT2D eigenvalue weighted by molar-refractivity contribution is 0.0676. The molecule has 1 amide bonds. The van der Waals surface area contributed by atoms with Crippen LogP contribution in [0.25, 0.3) is 0 Å². The molecular formula is C23H31IN4O3. The Hall–Kier alpha value is -2.33. The lowest BCUT2D eigenvalue weighted by Gasteiger charge is -2.17. The smallest absolute Gasteiger partial charge is 0.248 e. The van der Waals surface area contributed by atoms with Crippen LogP contribution in [-0.2, 0) is 17.8 Å². The van der Waals surface area contributed by atoms with Gasteiger partial charge in [0, 0.05) is 37.9 Å². The van der Waals surface area contributed by atoms with Gasteiger partial charge in [-0.1, -0.05) is 24.3 Å². The second-order valence-corrected chi connectivity index (χ2v) is 7.40. The minimum atomic E-state index is -0.436. The van der Waals surface area contributed by atoms with Crippen molar-refractivity contribution in [1.82, 2.24) is 10.6 Å². The predicted octanol–water partition coefficient (Wildman–Crippen LogP) is 3.13. The Morgan fingerprint density at radius 2 is 2.03 bits per heavy atom. The normalized spacial score (nSPS) is 15.8. The van der Waals surface area contributed by atoms with E-state index < -0.39 is 5.91 Å². The zero-order valence-corrected chi connectivity index (χ0v) is 20.3. The van der Waals surface area contributed by atoms with E-state index in [0.717, 1.165) is 41.9 Å². The first-order chi connectivity index (χ1) is 14.5. The molecule has 31 heavy (non-hydrogen) atoms. The van der Waals surface area contributed by atoms with Crippen LogP contribution in [0.1, 0.15) is 39.9 Å². The van der Waals surface area contributed by atoms with Gasteiger partial charge in [-0.3, -0.25) is 9.79 Å². The van der Waals surface area contributed by atoms with Gasteiger partial charge in [-0.15, -0.1) is 24.0 Å². The molecule has 0 aromatic heterocycles. The standard InChI is InChI=1S/C23H30N4O3.HI/c1-16-8-9-19(21(11-16)30-15-20-7-4-10-29-20)14-27-23(25-2)26-13-17-5-3-6-18(12-17)22(24)28;/h3,5-6,8-9,11-12,20H,4,7,10,13-15H2,1-2H3,(H2,24,28)(H2,25,26,27);1H. The number of nitrogens with zero attached hydrogens (tertiary/aromatic N) is 1. The lowest BCUT2D eigenvalue weighted by atomic mass is 10.1. The van der Waals surface area contributed by atoms with E-state index in [2.05, 4.69) is 40.7 Å². The van der Waals surface area contributed by atoms with Gasteiger partial charge in [0.1, 0.15) is 12.4 Å². The first-order valence-electron chi connectivity index (χ1n) is 10.2. The molecule has 2 aromatic carbocycles. The second-order valence-electron chi connectivity index (χ2n) is 7.40. The Balaban J connectivity index is 0.00000341. The highest BCUT2D eigenvalue weighted by molar-refractivity contribution is 14.0. The maximum Gasteiger partial charge on any atom is 0.248 e. The van der Waals surface area contributed by atoms with Crippen LogP contribution in [0.15, 0.2) is 47.5 Å². The van der Waals surface area contributed by atoms with Gasteiger partial charge in [0.15, 0.2) is 5.96 Å². The SMILES string of the molecule is CN=C(NCc1cccc(C(N)=O)c1)NCc1ccc(C)cc1OCC1CCCO1.I. The summed E-state index contributed by atoms with van der Waals surface area (Å²) in [5, 5.41) is 6.57. The number of nitrogens with one attached hydrogen (secondary N) is 2. The summed E-state index contributed by atoms with van der Waals surface area (Å²) in [5.41, 5.74) is 8.99. The average Bonchev–Trinajstić information content (AvgIpc) is 3.27. The Morgan fingerprint density at radius 3 is 2.74 bits per heavy atom. The van der Waals surface area contributed by atoms with Crippen LogP contribution >= 0.6 is 24.0 Å². The Bertz CT molecular complexity index is 898. The first-order valence-corrected chi connectivity index (χ1v) is 10.2. The number of ether oxygens (including phenoxy) is 2. The van der Waals surface area contributed by atoms with Gasteiger partial charge in [0.05, 0.1) is 6.10 Å². The van der Waals surface area contributed by atoms with Crippen molar-refractivity contribution in [3.63, 3.8) is 0 Å². The van der Waals surface area contributed by atoms with Crippen LogP contribution < -0.4 is 21.1 Å². The molecule has 7 nitrogen and oxygen atoms in total. The maximum absolute atomic E-state index is 11.3. The van der Waals surface area contributed by atoms with Crippen LogP contribution in [-0.4, -0.2) is 38.2 Å². The van der Waals surface area contributed by atoms with Crippen molar-refractivity contribution < 1.29 is 14.3 Å². The number of halogens is 1. The van der Waals surface area contributed by atoms with Gasteiger partial charge < -0.3 is 25.8 Å². The van der Waals surface area contributed by atoms with E-state index >= 15 is 0 Å². The monoisotopic (exact) mass is 538 g/mol. The van der Waals surface area contributed by atoms with E-state index in [0.29, 0.717) is 31.2 Å². The average molecular weight is 538 g/mol. The van der Waals surface area contributed by atoms with E-state index in [1.54, 1.807) is 19.2 Å². The molecule has 0 bridgehead atoms. The van der Waals surface area contributed by atoms with Gasteiger partial charge in [0.2, 0.25) is 5.91 Å². The third-order valence-electron chi connectivity index (χ3n) is 5.01. The number of carbonyl (C=O) groups is 1. The van der Waals surface area contributed by atoms with Crippen molar-refractivity contribution in [2.75, 3.05) is 20.3 Å². The molecule has 1 aliphatic heterocycles. The molecule has 0 saturated carbocycles. The highest BCUT2D eigenvalue weighted by Crippen LogP contribution is 2.22. The predicted molar refractivity (Wildman–Crippen MR) is 133 cm³/mol. The number of guanidine groups is 1. The summed E-state index contributed by atoms with van der Waals surface area (Å²) in [6, 6.07) is 13.4. The van der Waals surface area contributed by atoms with E-state index in [9.17, 15) is 4.79 Å². The maximum atomic E-state index is 11.3. The van der Waals surface area contributed by atoms with Gasteiger partial charge in [-0.2, -0.15) is 0 Å². The molecule has 1 heterocycles. The number of benzene rings is 2. The minimum Gasteiger partial charge on any atom is -0.491 e. The molecule has 1 fully saturated rings. The number of hydrogen-bond donors (Lipinski definition) is 3. The number of nitrogens with two attached hydrogens (primary N) is 1. The fraction of sp³-hybridized carbons (Fsp3) is 0.391. The van der Waals surface area contributed by atoms with Crippen LogP contribution in [0.2, 0.25) is 0 Å². The molecule has 3 rings (SSSR count). The van der Waals surface area contributed by atoms with E-state index in [1.807, 2.05) is 12.1 Å². The Morgan fingerprint density at radius 1 is 1.23 bits per heavy atom. The fourth-order valence-corrected chi connectivity index (χ4v) is 3.32. The summed E-state index contributed by atoms with van der Waals surface area (Å²) in [6.07, 6.45) is 2.32. The summed E-state index contributed by atoms with van der Waals surface area (Å²) in [6.45, 7) is 4.54. The van der Waals surface area contributed by atoms with E-state index in [-0.39, 0.29) is 30.1 Å². The Labute approximate surface area is 200 Å². The number of carbonyl (C=O) groups excluding carboxylic acids is 1. The van der Waals surface area contributed by atoms with Crippen molar-refractivity contribution in [2.24, 2.45) is 10.7 Å². The molecular weight excluding hydrogens is 507 g/mol. The highest BCUT2D eigenvalue weighted by Gasteiger charge is 2.17. The molecule has 168 valence electrons. The lowest BCUT2D eigenvalue weighted by Crippen LogP contribution is -2.36. The summed E-state index contributed by atoms with van der Waals surface area (Å²) < 4.78 is 11.7. The number of aryl methyl sites for hydroxylation is 1. The minimum absolute atomic E-state index is 0. The van der Waals surface area contributed by atoms with Crippen molar-refractivity contribution in [2.45, 2.75) is 39.0 Å². The summed E-state index contributed by atoms with van der Waals surface area (Å²) >= 11 is 0. The molecule has 0 aliphatic carbocycles.